The molecule has 1 aliphatic rings. The van der Waals surface area contributed by atoms with Crippen LogP contribution in [-0.2, 0) is 9.53 Å². The Hall–Kier alpha value is -1.75. The van der Waals surface area contributed by atoms with Crippen molar-refractivity contribution in [2.24, 2.45) is 0 Å². The zero-order valence-corrected chi connectivity index (χ0v) is 10.9. The monoisotopic (exact) mass is 251 g/mol. The third kappa shape index (κ3) is 2.26. The van der Waals surface area contributed by atoms with Crippen LogP contribution in [-0.4, -0.2) is 39.9 Å². The van der Waals surface area contributed by atoms with Gasteiger partial charge >= 0.3 is 0 Å². The lowest BCUT2D eigenvalue weighted by Crippen LogP contribution is -2.41. The minimum absolute atomic E-state index is 0.0470. The van der Waals surface area contributed by atoms with Crippen molar-refractivity contribution in [1.29, 1.82) is 0 Å². The molecule has 1 amide bonds. The molecule has 1 aromatic rings. The molecule has 1 aliphatic heterocycles. The van der Waals surface area contributed by atoms with Gasteiger partial charge in [-0.1, -0.05) is 0 Å². The number of anilines is 1. The van der Waals surface area contributed by atoms with E-state index in [0.29, 0.717) is 24.7 Å². The van der Waals surface area contributed by atoms with Crippen LogP contribution in [0.25, 0.3) is 0 Å². The number of benzene rings is 1. The second-order valence-corrected chi connectivity index (χ2v) is 4.07. The van der Waals surface area contributed by atoms with Gasteiger partial charge in [-0.3, -0.25) is 4.79 Å². The van der Waals surface area contributed by atoms with E-state index in [1.165, 1.54) is 0 Å². The number of carbonyl (C=O) groups is 1. The second kappa shape index (κ2) is 5.27. The molecule has 18 heavy (non-hydrogen) atoms. The van der Waals surface area contributed by atoms with Gasteiger partial charge in [0.25, 0.3) is 5.91 Å². The number of hydrogen-bond acceptors (Lipinski definition) is 4. The number of ether oxygens (including phenoxy) is 3. The average molecular weight is 251 g/mol. The van der Waals surface area contributed by atoms with E-state index in [-0.39, 0.29) is 12.5 Å². The van der Waals surface area contributed by atoms with Gasteiger partial charge in [0.2, 0.25) is 0 Å². The summed E-state index contributed by atoms with van der Waals surface area (Å²) in [6.45, 7) is 3.14. The lowest BCUT2D eigenvalue weighted by Gasteiger charge is -2.27. The van der Waals surface area contributed by atoms with Gasteiger partial charge in [-0.05, 0) is 6.92 Å². The van der Waals surface area contributed by atoms with Crippen LogP contribution in [0.4, 0.5) is 5.69 Å². The quantitative estimate of drug-likeness (QED) is 0.814. The molecule has 0 atom stereocenters. The molecular formula is C13H17NO4. The van der Waals surface area contributed by atoms with Crippen molar-refractivity contribution >= 4 is 11.6 Å². The fourth-order valence-corrected chi connectivity index (χ4v) is 2.02. The Morgan fingerprint density at radius 1 is 1.22 bits per heavy atom. The van der Waals surface area contributed by atoms with Gasteiger partial charge in [0.1, 0.15) is 18.1 Å². The molecule has 1 fully saturated rings. The molecule has 5 heteroatoms. The lowest BCUT2D eigenvalue weighted by atomic mass is 10.1. The van der Waals surface area contributed by atoms with Gasteiger partial charge < -0.3 is 19.1 Å². The molecule has 1 saturated heterocycles. The first-order valence-electron chi connectivity index (χ1n) is 5.78. The summed E-state index contributed by atoms with van der Waals surface area (Å²) >= 11 is 0. The number of rotatable bonds is 3. The Morgan fingerprint density at radius 3 is 2.33 bits per heavy atom. The number of morpholine rings is 1. The Morgan fingerprint density at radius 2 is 1.83 bits per heavy atom. The molecule has 2 rings (SSSR count). The number of carbonyl (C=O) groups excluding carboxylic acids is 1. The fourth-order valence-electron chi connectivity index (χ4n) is 2.02. The summed E-state index contributed by atoms with van der Waals surface area (Å²) in [4.78, 5) is 13.5. The van der Waals surface area contributed by atoms with Crippen LogP contribution in [0.5, 0.6) is 11.5 Å². The molecule has 1 heterocycles. The van der Waals surface area contributed by atoms with Crippen molar-refractivity contribution in [1.82, 2.24) is 0 Å². The zero-order valence-electron chi connectivity index (χ0n) is 10.9. The third-order valence-corrected chi connectivity index (χ3v) is 3.03. The summed E-state index contributed by atoms with van der Waals surface area (Å²) in [5, 5.41) is 0. The highest BCUT2D eigenvalue weighted by Crippen LogP contribution is 2.34. The molecule has 0 bridgehead atoms. The largest absolute Gasteiger partial charge is 0.496 e. The molecule has 98 valence electrons. The van der Waals surface area contributed by atoms with Crippen molar-refractivity contribution in [2.45, 2.75) is 6.92 Å². The molecule has 0 aromatic heterocycles. The molecule has 1 aromatic carbocycles. The van der Waals surface area contributed by atoms with Crippen LogP contribution in [0.3, 0.4) is 0 Å². The Labute approximate surface area is 106 Å². The third-order valence-electron chi connectivity index (χ3n) is 3.03. The van der Waals surface area contributed by atoms with E-state index < -0.39 is 0 Å². The van der Waals surface area contributed by atoms with Gasteiger partial charge in [0.15, 0.2) is 0 Å². The van der Waals surface area contributed by atoms with E-state index in [1.807, 2.05) is 19.1 Å². The van der Waals surface area contributed by atoms with Crippen molar-refractivity contribution < 1.29 is 19.0 Å². The summed E-state index contributed by atoms with van der Waals surface area (Å²) in [6, 6.07) is 3.70. The Balaban J connectivity index is 2.40. The predicted octanol–water partition coefficient (Wildman–Crippen LogP) is 1.38. The van der Waals surface area contributed by atoms with Crippen molar-refractivity contribution in [2.75, 3.05) is 38.9 Å². The van der Waals surface area contributed by atoms with Crippen LogP contribution in [0.2, 0.25) is 0 Å². The van der Waals surface area contributed by atoms with Crippen molar-refractivity contribution in [3.8, 4) is 11.5 Å². The van der Waals surface area contributed by atoms with E-state index in [1.54, 1.807) is 19.1 Å². The van der Waals surface area contributed by atoms with Gasteiger partial charge in [0.05, 0.1) is 26.5 Å². The summed E-state index contributed by atoms with van der Waals surface area (Å²) in [7, 11) is 3.21. The highest BCUT2D eigenvalue weighted by molar-refractivity contribution is 5.95. The number of amides is 1. The van der Waals surface area contributed by atoms with Crippen LogP contribution in [0, 0.1) is 6.92 Å². The summed E-state index contributed by atoms with van der Waals surface area (Å²) in [5.74, 6) is 1.38. The van der Waals surface area contributed by atoms with Gasteiger partial charge in [-0.15, -0.1) is 0 Å². The first kappa shape index (κ1) is 12.7. The molecular weight excluding hydrogens is 234 g/mol. The van der Waals surface area contributed by atoms with Crippen LogP contribution >= 0.6 is 0 Å². The van der Waals surface area contributed by atoms with Crippen LogP contribution in [0.1, 0.15) is 5.56 Å². The minimum atomic E-state index is -0.0470. The second-order valence-electron chi connectivity index (χ2n) is 4.07. The van der Waals surface area contributed by atoms with E-state index in [4.69, 9.17) is 14.2 Å². The maximum Gasteiger partial charge on any atom is 0.253 e. The lowest BCUT2D eigenvalue weighted by molar-refractivity contribution is -0.125. The van der Waals surface area contributed by atoms with Crippen molar-refractivity contribution in [3.63, 3.8) is 0 Å². The van der Waals surface area contributed by atoms with Crippen molar-refractivity contribution in [3.05, 3.63) is 17.7 Å². The van der Waals surface area contributed by atoms with Gasteiger partial charge in [0, 0.05) is 24.2 Å². The topological polar surface area (TPSA) is 48.0 Å². The highest BCUT2D eigenvalue weighted by atomic mass is 16.5. The minimum Gasteiger partial charge on any atom is -0.496 e. The molecule has 0 saturated carbocycles. The number of hydrogen-bond donors (Lipinski definition) is 0. The summed E-state index contributed by atoms with van der Waals surface area (Å²) < 4.78 is 15.7. The smallest absolute Gasteiger partial charge is 0.253 e. The fraction of sp³-hybridized carbons (Fsp3) is 0.462. The molecule has 0 unspecified atom stereocenters. The summed E-state index contributed by atoms with van der Waals surface area (Å²) in [6.07, 6.45) is 0. The van der Waals surface area contributed by atoms with E-state index in [0.717, 1.165) is 11.3 Å². The molecule has 5 nitrogen and oxygen atoms in total. The standard InChI is InChI=1S/C13H17NO4/c1-9-11(16-2)6-10(7-12(9)17-3)14-4-5-18-8-13(14)15/h6-7H,4-5,8H2,1-3H3. The van der Waals surface area contributed by atoms with Gasteiger partial charge in [-0.2, -0.15) is 0 Å². The molecule has 0 radical (unpaired) electrons. The summed E-state index contributed by atoms with van der Waals surface area (Å²) in [5.41, 5.74) is 1.70. The SMILES string of the molecule is COc1cc(N2CCOCC2=O)cc(OC)c1C. The van der Waals surface area contributed by atoms with Crippen LogP contribution in [0.15, 0.2) is 12.1 Å². The van der Waals surface area contributed by atoms with Gasteiger partial charge in [-0.25, -0.2) is 0 Å². The molecule has 0 N–H and O–H groups in total. The Kier molecular flexibility index (Phi) is 3.72. The highest BCUT2D eigenvalue weighted by Gasteiger charge is 2.22. The first-order chi connectivity index (χ1) is 8.67. The van der Waals surface area contributed by atoms with Crippen LogP contribution < -0.4 is 14.4 Å². The van der Waals surface area contributed by atoms with E-state index in [2.05, 4.69) is 0 Å². The Bertz CT molecular complexity index is 433. The number of methoxy groups -OCH3 is 2. The predicted molar refractivity (Wildman–Crippen MR) is 67.5 cm³/mol. The maximum absolute atomic E-state index is 11.8. The van der Waals surface area contributed by atoms with E-state index >= 15 is 0 Å². The zero-order chi connectivity index (χ0) is 13.1. The van der Waals surface area contributed by atoms with E-state index in [9.17, 15) is 4.79 Å². The normalized spacial score (nSPS) is 15.7. The average Bonchev–Trinajstić information content (AvgIpc) is 2.40. The first-order valence-corrected chi connectivity index (χ1v) is 5.78. The molecule has 0 aliphatic carbocycles. The number of nitrogens with zero attached hydrogens (tertiary/aromatic N) is 1. The maximum atomic E-state index is 11.8. The molecule has 0 spiro atoms.